The number of likely N-dealkylation sites (N-methyl/N-ethyl adjacent to an activating group) is 1. The van der Waals surface area contributed by atoms with Gasteiger partial charge < -0.3 is 9.80 Å². The highest BCUT2D eigenvalue weighted by Crippen LogP contribution is 2.36. The van der Waals surface area contributed by atoms with Crippen molar-refractivity contribution in [1.82, 2.24) is 14.8 Å². The molecule has 4 nitrogen and oxygen atoms in total. The van der Waals surface area contributed by atoms with Gasteiger partial charge in [-0.1, -0.05) is 60.1 Å². The van der Waals surface area contributed by atoms with E-state index in [1.807, 2.05) is 67.5 Å². The van der Waals surface area contributed by atoms with Crippen LogP contribution in [0.5, 0.6) is 0 Å². The summed E-state index contributed by atoms with van der Waals surface area (Å²) in [6, 6.07) is 19.9. The molecule has 0 spiro atoms. The molecular formula is C23H22ClN3OS. The summed E-state index contributed by atoms with van der Waals surface area (Å²) in [5, 5.41) is 2.31. The lowest BCUT2D eigenvalue weighted by Crippen LogP contribution is -2.35. The molecule has 0 saturated carbocycles. The molecule has 0 aliphatic rings. The lowest BCUT2D eigenvalue weighted by molar-refractivity contribution is 0.0737. The molecule has 4 rings (SSSR count). The minimum Gasteiger partial charge on any atom is -0.332 e. The summed E-state index contributed by atoms with van der Waals surface area (Å²) < 4.78 is 1.01. The number of nitrogens with zero attached hydrogens (tertiary/aromatic N) is 3. The number of carbonyl (C=O) groups is 1. The molecule has 148 valence electrons. The highest BCUT2D eigenvalue weighted by molar-refractivity contribution is 7.21. The van der Waals surface area contributed by atoms with Gasteiger partial charge >= 0.3 is 0 Å². The fourth-order valence-corrected chi connectivity index (χ4v) is 4.77. The van der Waals surface area contributed by atoms with Crippen molar-refractivity contribution in [2.45, 2.75) is 6.54 Å². The van der Waals surface area contributed by atoms with Crippen LogP contribution in [0, 0.1) is 0 Å². The molecule has 0 radical (unpaired) electrons. The summed E-state index contributed by atoms with van der Waals surface area (Å²) in [4.78, 5) is 22.6. The van der Waals surface area contributed by atoms with Crippen LogP contribution in [0.25, 0.3) is 21.0 Å². The molecule has 2 heterocycles. The van der Waals surface area contributed by atoms with Gasteiger partial charge in [0, 0.05) is 35.1 Å². The Morgan fingerprint density at radius 1 is 1.00 bits per heavy atom. The van der Waals surface area contributed by atoms with E-state index in [-0.39, 0.29) is 5.91 Å². The van der Waals surface area contributed by atoms with E-state index in [0.717, 1.165) is 33.1 Å². The van der Waals surface area contributed by atoms with E-state index in [1.54, 1.807) is 0 Å². The van der Waals surface area contributed by atoms with Crippen molar-refractivity contribution in [3.8, 4) is 0 Å². The van der Waals surface area contributed by atoms with Crippen LogP contribution in [0.1, 0.15) is 15.2 Å². The summed E-state index contributed by atoms with van der Waals surface area (Å²) in [5.74, 6) is 0.0250. The third-order valence-corrected chi connectivity index (χ3v) is 6.30. The van der Waals surface area contributed by atoms with Crippen molar-refractivity contribution >= 4 is 49.8 Å². The highest BCUT2D eigenvalue weighted by atomic mass is 35.5. The Morgan fingerprint density at radius 3 is 2.48 bits per heavy atom. The molecule has 0 bridgehead atoms. The summed E-state index contributed by atoms with van der Waals surface area (Å²) in [5.41, 5.74) is 1.96. The van der Waals surface area contributed by atoms with Crippen molar-refractivity contribution in [1.29, 1.82) is 0 Å². The van der Waals surface area contributed by atoms with Crippen LogP contribution < -0.4 is 0 Å². The topological polar surface area (TPSA) is 36.4 Å². The first kappa shape index (κ1) is 19.8. The first-order valence-electron chi connectivity index (χ1n) is 9.48. The van der Waals surface area contributed by atoms with Crippen LogP contribution in [0.3, 0.4) is 0 Å². The van der Waals surface area contributed by atoms with Gasteiger partial charge in [0.05, 0.1) is 10.4 Å². The lowest BCUT2D eigenvalue weighted by atomic mass is 10.2. The normalized spacial score (nSPS) is 11.4. The number of fused-ring (bicyclic) bond motifs is 3. The molecule has 0 atom stereocenters. The van der Waals surface area contributed by atoms with Gasteiger partial charge in [-0.2, -0.15) is 0 Å². The van der Waals surface area contributed by atoms with Gasteiger partial charge in [0.15, 0.2) is 0 Å². The molecule has 0 aliphatic carbocycles. The molecule has 2 aromatic heterocycles. The Labute approximate surface area is 179 Å². The van der Waals surface area contributed by atoms with Crippen LogP contribution in [0.2, 0.25) is 5.15 Å². The predicted octanol–water partition coefficient (Wildman–Crippen LogP) is 5.31. The van der Waals surface area contributed by atoms with Crippen LogP contribution in [-0.2, 0) is 6.54 Å². The lowest BCUT2D eigenvalue weighted by Gasteiger charge is -2.24. The monoisotopic (exact) mass is 423 g/mol. The molecule has 4 aromatic rings. The van der Waals surface area contributed by atoms with Crippen molar-refractivity contribution < 1.29 is 4.79 Å². The quantitative estimate of drug-likeness (QED) is 0.394. The first-order valence-corrected chi connectivity index (χ1v) is 10.7. The number of amides is 1. The van der Waals surface area contributed by atoms with Crippen molar-refractivity contribution in [3.05, 3.63) is 76.3 Å². The van der Waals surface area contributed by atoms with E-state index >= 15 is 0 Å². The second-order valence-corrected chi connectivity index (χ2v) is 8.70. The Balaban J connectivity index is 1.72. The summed E-state index contributed by atoms with van der Waals surface area (Å²) in [6.45, 7) is 2.03. The molecule has 29 heavy (non-hydrogen) atoms. The third-order valence-electron chi connectivity index (χ3n) is 4.85. The number of para-hydroxylation sites is 1. The van der Waals surface area contributed by atoms with Crippen LogP contribution in [0.15, 0.2) is 60.7 Å². The number of aromatic nitrogens is 1. The highest BCUT2D eigenvalue weighted by Gasteiger charge is 2.21. The second kappa shape index (κ2) is 8.49. The second-order valence-electron chi connectivity index (χ2n) is 7.29. The largest absolute Gasteiger partial charge is 0.332 e. The molecule has 0 fully saturated rings. The zero-order chi connectivity index (χ0) is 20.4. The zero-order valence-electron chi connectivity index (χ0n) is 16.4. The van der Waals surface area contributed by atoms with E-state index in [2.05, 4.69) is 22.0 Å². The van der Waals surface area contributed by atoms with Crippen molar-refractivity contribution in [2.75, 3.05) is 27.2 Å². The molecule has 2 aromatic carbocycles. The van der Waals surface area contributed by atoms with E-state index in [0.29, 0.717) is 23.1 Å². The Morgan fingerprint density at radius 2 is 1.72 bits per heavy atom. The molecular weight excluding hydrogens is 402 g/mol. The fourth-order valence-electron chi connectivity index (χ4n) is 3.31. The number of pyridine rings is 1. The maximum atomic E-state index is 13.4. The van der Waals surface area contributed by atoms with Gasteiger partial charge in [0.2, 0.25) is 0 Å². The summed E-state index contributed by atoms with van der Waals surface area (Å²) >= 11 is 7.92. The smallest absolute Gasteiger partial charge is 0.264 e. The number of carbonyl (C=O) groups excluding carboxylic acids is 1. The average Bonchev–Trinajstić information content (AvgIpc) is 3.18. The number of hydrogen-bond donors (Lipinski definition) is 0. The molecule has 0 N–H and O–H groups in total. The number of hydrogen-bond acceptors (Lipinski definition) is 4. The Hall–Kier alpha value is -2.47. The first-order chi connectivity index (χ1) is 14.0. The van der Waals surface area contributed by atoms with Crippen LogP contribution >= 0.6 is 22.9 Å². The Kier molecular flexibility index (Phi) is 5.81. The standard InChI is InChI=1S/C23H22ClN3OS/c1-26(2)12-13-27(15-16-8-4-3-5-9-16)23(28)20-14-18-21(29-20)17-10-6-7-11-19(17)25-22(18)24/h3-11,14H,12-13,15H2,1-2H3. The average molecular weight is 424 g/mol. The van der Waals surface area contributed by atoms with E-state index in [9.17, 15) is 4.79 Å². The van der Waals surface area contributed by atoms with Gasteiger partial charge in [-0.25, -0.2) is 4.98 Å². The van der Waals surface area contributed by atoms with Gasteiger partial charge in [-0.05, 0) is 31.8 Å². The van der Waals surface area contributed by atoms with Crippen LogP contribution in [0.4, 0.5) is 0 Å². The maximum Gasteiger partial charge on any atom is 0.264 e. The Bertz CT molecular complexity index is 1160. The minimum atomic E-state index is 0.0250. The fraction of sp³-hybridized carbons (Fsp3) is 0.217. The number of halogens is 1. The molecule has 0 aliphatic heterocycles. The van der Waals surface area contributed by atoms with E-state index < -0.39 is 0 Å². The molecule has 6 heteroatoms. The summed E-state index contributed by atoms with van der Waals surface area (Å²) in [7, 11) is 4.03. The third kappa shape index (κ3) is 4.27. The zero-order valence-corrected chi connectivity index (χ0v) is 18.0. The van der Waals surface area contributed by atoms with Gasteiger partial charge in [-0.15, -0.1) is 11.3 Å². The van der Waals surface area contributed by atoms with Gasteiger partial charge in [0.1, 0.15) is 5.15 Å². The van der Waals surface area contributed by atoms with E-state index in [4.69, 9.17) is 11.6 Å². The molecule has 0 unspecified atom stereocenters. The van der Waals surface area contributed by atoms with Crippen molar-refractivity contribution in [3.63, 3.8) is 0 Å². The van der Waals surface area contributed by atoms with Crippen LogP contribution in [-0.4, -0.2) is 47.9 Å². The van der Waals surface area contributed by atoms with Gasteiger partial charge in [0.25, 0.3) is 5.91 Å². The molecule has 0 saturated heterocycles. The van der Waals surface area contributed by atoms with E-state index in [1.165, 1.54) is 11.3 Å². The van der Waals surface area contributed by atoms with Gasteiger partial charge in [-0.3, -0.25) is 4.79 Å². The number of rotatable bonds is 6. The molecule has 1 amide bonds. The predicted molar refractivity (Wildman–Crippen MR) is 122 cm³/mol. The SMILES string of the molecule is CN(C)CCN(Cc1ccccc1)C(=O)c1cc2c(Cl)nc3ccccc3c2s1. The minimum absolute atomic E-state index is 0.0250. The number of benzene rings is 2. The summed E-state index contributed by atoms with van der Waals surface area (Å²) in [6.07, 6.45) is 0. The number of thiophene rings is 1. The maximum absolute atomic E-state index is 13.4. The van der Waals surface area contributed by atoms with Crippen molar-refractivity contribution in [2.24, 2.45) is 0 Å².